The lowest BCUT2D eigenvalue weighted by Gasteiger charge is -2.24. The zero-order chi connectivity index (χ0) is 17.5. The van der Waals surface area contributed by atoms with Crippen molar-refractivity contribution in [1.82, 2.24) is 9.21 Å². The predicted octanol–water partition coefficient (Wildman–Crippen LogP) is 1.01. The normalized spacial score (nSPS) is 28.3. The van der Waals surface area contributed by atoms with Crippen LogP contribution in [0.15, 0.2) is 16.5 Å². The number of carboxylic acids is 1. The number of carbonyl (C=O) groups is 1. The average Bonchev–Trinajstić information content (AvgIpc) is 3.11. The molecule has 2 unspecified atom stereocenters. The van der Waals surface area contributed by atoms with E-state index in [0.29, 0.717) is 19.6 Å². The molecule has 2 saturated heterocycles. The molecule has 0 spiro atoms. The number of sulfonamides is 1. The lowest BCUT2D eigenvalue weighted by atomic mass is 9.81. The van der Waals surface area contributed by atoms with Gasteiger partial charge < -0.3 is 9.52 Å². The number of furan rings is 1. The summed E-state index contributed by atoms with van der Waals surface area (Å²) in [5, 5.41) is 9.74. The zero-order valence-corrected chi connectivity index (χ0v) is 14.9. The number of aryl methyl sites for hydroxylation is 1. The smallest absolute Gasteiger partial charge is 0.312 e. The van der Waals surface area contributed by atoms with Crippen LogP contribution in [0.2, 0.25) is 0 Å². The quantitative estimate of drug-likeness (QED) is 0.818. The van der Waals surface area contributed by atoms with Crippen LogP contribution < -0.4 is 0 Å². The Morgan fingerprint density at radius 1 is 1.33 bits per heavy atom. The minimum atomic E-state index is -3.36. The molecule has 134 valence electrons. The van der Waals surface area contributed by atoms with Crippen molar-refractivity contribution in [2.45, 2.75) is 26.3 Å². The minimum absolute atomic E-state index is 0.0571. The molecule has 0 radical (unpaired) electrons. The standard InChI is InChI=1S/C16H24N2O5S/c1-3-4-13-5-6-14(23-13)9-17-7-12-8-18(24(2,21)22)11-16(12,10-17)15(19)20/h5-6,12H,3-4,7-11H2,1-2H3,(H,19,20). The van der Waals surface area contributed by atoms with Gasteiger partial charge in [-0.1, -0.05) is 6.92 Å². The molecule has 1 N–H and O–H groups in total. The lowest BCUT2D eigenvalue weighted by molar-refractivity contribution is -0.148. The Labute approximate surface area is 142 Å². The van der Waals surface area contributed by atoms with Crippen molar-refractivity contribution < 1.29 is 22.7 Å². The van der Waals surface area contributed by atoms with Gasteiger partial charge in [-0.05, 0) is 18.6 Å². The zero-order valence-electron chi connectivity index (χ0n) is 14.1. The highest BCUT2D eigenvalue weighted by Crippen LogP contribution is 2.44. The average molecular weight is 356 g/mol. The number of likely N-dealkylation sites (tertiary alicyclic amines) is 1. The molecule has 1 aromatic heterocycles. The fraction of sp³-hybridized carbons (Fsp3) is 0.688. The van der Waals surface area contributed by atoms with Crippen LogP contribution in [0, 0.1) is 11.3 Å². The van der Waals surface area contributed by atoms with Crippen molar-refractivity contribution in [2.75, 3.05) is 32.4 Å². The van der Waals surface area contributed by atoms with E-state index < -0.39 is 21.4 Å². The summed E-state index contributed by atoms with van der Waals surface area (Å²) in [7, 11) is -3.36. The summed E-state index contributed by atoms with van der Waals surface area (Å²) >= 11 is 0. The molecule has 0 saturated carbocycles. The van der Waals surface area contributed by atoms with Gasteiger partial charge in [-0.25, -0.2) is 12.7 Å². The molecule has 2 atom stereocenters. The van der Waals surface area contributed by atoms with Gasteiger partial charge in [0.2, 0.25) is 10.0 Å². The molecule has 24 heavy (non-hydrogen) atoms. The summed E-state index contributed by atoms with van der Waals surface area (Å²) < 4.78 is 30.6. The summed E-state index contributed by atoms with van der Waals surface area (Å²) in [6.45, 7) is 3.91. The van der Waals surface area contributed by atoms with E-state index in [1.807, 2.05) is 12.1 Å². The molecule has 2 fully saturated rings. The van der Waals surface area contributed by atoms with Crippen LogP contribution in [0.5, 0.6) is 0 Å². The molecule has 3 rings (SSSR count). The van der Waals surface area contributed by atoms with E-state index >= 15 is 0 Å². The summed E-state index contributed by atoms with van der Waals surface area (Å²) in [6.07, 6.45) is 3.05. The third kappa shape index (κ3) is 3.10. The molecule has 0 amide bonds. The van der Waals surface area contributed by atoms with E-state index in [2.05, 4.69) is 11.8 Å². The Morgan fingerprint density at radius 3 is 2.62 bits per heavy atom. The topological polar surface area (TPSA) is 91.1 Å². The van der Waals surface area contributed by atoms with Gasteiger partial charge in [-0.3, -0.25) is 9.69 Å². The van der Waals surface area contributed by atoms with Crippen molar-refractivity contribution in [3.63, 3.8) is 0 Å². The second-order valence-electron chi connectivity index (χ2n) is 7.00. The second kappa shape index (κ2) is 6.16. The second-order valence-corrected chi connectivity index (χ2v) is 8.98. The highest BCUT2D eigenvalue weighted by Gasteiger charge is 2.59. The summed E-state index contributed by atoms with van der Waals surface area (Å²) in [5.41, 5.74) is -1.01. The first kappa shape index (κ1) is 17.4. The molecular weight excluding hydrogens is 332 g/mol. The van der Waals surface area contributed by atoms with Crippen molar-refractivity contribution >= 4 is 16.0 Å². The highest BCUT2D eigenvalue weighted by molar-refractivity contribution is 7.88. The van der Waals surface area contributed by atoms with Crippen LogP contribution in [-0.4, -0.2) is 61.1 Å². The van der Waals surface area contributed by atoms with Gasteiger partial charge in [0, 0.05) is 38.5 Å². The van der Waals surface area contributed by atoms with Crippen LogP contribution in [-0.2, 0) is 27.8 Å². The van der Waals surface area contributed by atoms with E-state index in [1.54, 1.807) is 0 Å². The molecule has 3 heterocycles. The fourth-order valence-electron chi connectivity index (χ4n) is 3.91. The number of hydrogen-bond donors (Lipinski definition) is 1. The molecule has 0 aromatic carbocycles. The minimum Gasteiger partial charge on any atom is -0.481 e. The van der Waals surface area contributed by atoms with Crippen LogP contribution >= 0.6 is 0 Å². The maximum atomic E-state index is 11.9. The van der Waals surface area contributed by atoms with E-state index in [4.69, 9.17) is 4.42 Å². The van der Waals surface area contributed by atoms with Gasteiger partial charge in [0.25, 0.3) is 0 Å². The Bertz CT molecular complexity index is 729. The van der Waals surface area contributed by atoms with Crippen LogP contribution in [0.4, 0.5) is 0 Å². The Kier molecular flexibility index (Phi) is 4.48. The van der Waals surface area contributed by atoms with Gasteiger partial charge in [-0.2, -0.15) is 0 Å². The van der Waals surface area contributed by atoms with E-state index in [9.17, 15) is 18.3 Å². The molecule has 0 bridgehead atoms. The highest BCUT2D eigenvalue weighted by atomic mass is 32.2. The number of nitrogens with zero attached hydrogens (tertiary/aromatic N) is 2. The maximum absolute atomic E-state index is 11.9. The van der Waals surface area contributed by atoms with Crippen molar-refractivity contribution in [1.29, 1.82) is 0 Å². The Hall–Kier alpha value is -1.38. The predicted molar refractivity (Wildman–Crippen MR) is 88.0 cm³/mol. The van der Waals surface area contributed by atoms with Crippen LogP contribution in [0.3, 0.4) is 0 Å². The summed E-state index contributed by atoms with van der Waals surface area (Å²) in [4.78, 5) is 14.0. The van der Waals surface area contributed by atoms with Gasteiger partial charge in [0.1, 0.15) is 11.5 Å². The Balaban J connectivity index is 1.72. The summed E-state index contributed by atoms with van der Waals surface area (Å²) in [6, 6.07) is 3.91. The number of rotatable bonds is 6. The van der Waals surface area contributed by atoms with Gasteiger partial charge in [0.15, 0.2) is 0 Å². The summed E-state index contributed by atoms with van der Waals surface area (Å²) in [5.74, 6) is 0.684. The first-order valence-corrected chi connectivity index (χ1v) is 10.1. The van der Waals surface area contributed by atoms with Crippen molar-refractivity contribution in [3.8, 4) is 0 Å². The fourth-order valence-corrected chi connectivity index (χ4v) is 4.82. The van der Waals surface area contributed by atoms with Gasteiger partial charge >= 0.3 is 5.97 Å². The van der Waals surface area contributed by atoms with E-state index in [1.165, 1.54) is 4.31 Å². The molecule has 2 aliphatic heterocycles. The molecule has 7 nitrogen and oxygen atoms in total. The van der Waals surface area contributed by atoms with Crippen LogP contribution in [0.1, 0.15) is 24.9 Å². The molecule has 1 aromatic rings. The first-order chi connectivity index (χ1) is 11.2. The number of hydrogen-bond acceptors (Lipinski definition) is 5. The Morgan fingerprint density at radius 2 is 2.04 bits per heavy atom. The largest absolute Gasteiger partial charge is 0.481 e. The SMILES string of the molecule is CCCc1ccc(CN2CC3CN(S(C)(=O)=O)CC3(C(=O)O)C2)o1. The first-order valence-electron chi connectivity index (χ1n) is 8.23. The van der Waals surface area contributed by atoms with Crippen molar-refractivity contribution in [3.05, 3.63) is 23.7 Å². The molecule has 8 heteroatoms. The van der Waals surface area contributed by atoms with E-state index in [0.717, 1.165) is 30.6 Å². The number of fused-ring (bicyclic) bond motifs is 1. The molecule has 2 aliphatic rings. The maximum Gasteiger partial charge on any atom is 0.312 e. The number of aliphatic carboxylic acids is 1. The monoisotopic (exact) mass is 356 g/mol. The van der Waals surface area contributed by atoms with Crippen LogP contribution in [0.25, 0.3) is 0 Å². The van der Waals surface area contributed by atoms with E-state index in [-0.39, 0.29) is 19.0 Å². The lowest BCUT2D eigenvalue weighted by Crippen LogP contribution is -2.41. The van der Waals surface area contributed by atoms with Crippen molar-refractivity contribution in [2.24, 2.45) is 11.3 Å². The number of carboxylic acid groups (broad SMARTS) is 1. The molecular formula is C16H24N2O5S. The van der Waals surface area contributed by atoms with Gasteiger partial charge in [0.05, 0.1) is 18.2 Å². The third-order valence-corrected chi connectivity index (χ3v) is 6.35. The third-order valence-electron chi connectivity index (χ3n) is 5.14. The van der Waals surface area contributed by atoms with Gasteiger partial charge in [-0.15, -0.1) is 0 Å². The molecule has 0 aliphatic carbocycles.